The lowest BCUT2D eigenvalue weighted by atomic mass is 10.1. The lowest BCUT2D eigenvalue weighted by molar-refractivity contribution is -0.137. The molecule has 0 fully saturated rings. The Balaban J connectivity index is 1.50. The summed E-state index contributed by atoms with van der Waals surface area (Å²) >= 11 is 0. The molecule has 0 saturated carbocycles. The Bertz CT molecular complexity index is 1420. The van der Waals surface area contributed by atoms with Crippen LogP contribution in [-0.2, 0) is 18.0 Å². The summed E-state index contributed by atoms with van der Waals surface area (Å²) in [5, 5.41) is 12.4. The van der Waals surface area contributed by atoms with Gasteiger partial charge in [-0.15, -0.1) is 0 Å². The zero-order chi connectivity index (χ0) is 25.7. The number of hydrogen-bond acceptors (Lipinski definition) is 4. The van der Waals surface area contributed by atoms with Crippen molar-refractivity contribution in [1.82, 2.24) is 19.7 Å². The molecule has 4 rings (SSSR count). The predicted octanol–water partition coefficient (Wildman–Crippen LogP) is 5.37. The summed E-state index contributed by atoms with van der Waals surface area (Å²) < 4.78 is 47.9. The van der Waals surface area contributed by atoms with E-state index in [2.05, 4.69) is 20.4 Å². The van der Waals surface area contributed by atoms with Gasteiger partial charge in [-0.1, -0.05) is 5.11 Å². The number of azide groups is 1. The maximum atomic E-state index is 13.0. The van der Waals surface area contributed by atoms with Gasteiger partial charge in [0.2, 0.25) is 0 Å². The Morgan fingerprint density at radius 3 is 2.61 bits per heavy atom. The number of halogens is 3. The number of aromatic nitrogens is 3. The molecule has 0 radical (unpaired) electrons. The molecule has 36 heavy (non-hydrogen) atoms. The highest BCUT2D eigenvalue weighted by molar-refractivity contribution is 6.10. The molecule has 0 atom stereocenters. The average Bonchev–Trinajstić information content (AvgIpc) is 3.36. The van der Waals surface area contributed by atoms with Crippen molar-refractivity contribution in [3.8, 4) is 5.69 Å². The molecule has 188 valence electrons. The summed E-state index contributed by atoms with van der Waals surface area (Å²) in [5.74, 6) is -0.237. The molecule has 2 aromatic carbocycles. The molecule has 1 amide bonds. The van der Waals surface area contributed by atoms with E-state index >= 15 is 0 Å². The fraction of sp³-hybridized carbons (Fsp3) is 0.333. The molecule has 9 nitrogen and oxygen atoms in total. The second-order valence-electron chi connectivity index (χ2n) is 8.18. The van der Waals surface area contributed by atoms with Gasteiger partial charge in [0.25, 0.3) is 5.91 Å². The maximum Gasteiger partial charge on any atom is 0.416 e. The number of alkyl halides is 3. The first kappa shape index (κ1) is 25.1. The van der Waals surface area contributed by atoms with E-state index in [1.54, 1.807) is 34.5 Å². The van der Waals surface area contributed by atoms with Crippen LogP contribution in [0.4, 0.5) is 13.2 Å². The monoisotopic (exact) mass is 499 g/mol. The van der Waals surface area contributed by atoms with Crippen molar-refractivity contribution in [3.05, 3.63) is 70.2 Å². The van der Waals surface area contributed by atoms with E-state index in [1.165, 1.54) is 12.1 Å². The van der Waals surface area contributed by atoms with E-state index < -0.39 is 11.7 Å². The van der Waals surface area contributed by atoms with Crippen LogP contribution in [0.3, 0.4) is 0 Å². The van der Waals surface area contributed by atoms with Crippen LogP contribution in [0.2, 0.25) is 0 Å². The van der Waals surface area contributed by atoms with E-state index in [-0.39, 0.29) is 5.91 Å². The minimum absolute atomic E-state index is 0.237. The van der Waals surface area contributed by atoms with E-state index in [1.807, 2.05) is 6.20 Å². The summed E-state index contributed by atoms with van der Waals surface area (Å²) in [4.78, 5) is 15.4. The number of aryl methyl sites for hydroxylation is 1. The van der Waals surface area contributed by atoms with Crippen molar-refractivity contribution in [1.29, 1.82) is 0 Å². The number of rotatable bonds is 10. The molecule has 0 aliphatic rings. The van der Waals surface area contributed by atoms with E-state index in [0.29, 0.717) is 56.0 Å². The molecule has 4 aromatic rings. The lowest BCUT2D eigenvalue weighted by Crippen LogP contribution is -2.25. The van der Waals surface area contributed by atoms with Crippen LogP contribution >= 0.6 is 0 Å². The zero-order valence-corrected chi connectivity index (χ0v) is 19.5. The van der Waals surface area contributed by atoms with Gasteiger partial charge in [0, 0.05) is 66.5 Å². The fourth-order valence-electron chi connectivity index (χ4n) is 3.96. The quantitative estimate of drug-likeness (QED) is 0.137. The third kappa shape index (κ3) is 5.45. The Hall–Kier alpha value is -4.02. The molecular formula is C24H24F3N7O2. The second kappa shape index (κ2) is 10.7. The first-order chi connectivity index (χ1) is 17.3. The molecule has 0 saturated heterocycles. The Kier molecular flexibility index (Phi) is 7.47. The smallest absolute Gasteiger partial charge is 0.381 e. The van der Waals surface area contributed by atoms with Crippen molar-refractivity contribution >= 4 is 27.8 Å². The van der Waals surface area contributed by atoms with Crippen molar-refractivity contribution < 1.29 is 22.7 Å². The second-order valence-corrected chi connectivity index (χ2v) is 8.18. The van der Waals surface area contributed by atoms with Gasteiger partial charge < -0.3 is 10.1 Å². The first-order valence-electron chi connectivity index (χ1n) is 11.3. The third-order valence-corrected chi connectivity index (χ3v) is 5.62. The molecule has 12 heteroatoms. The van der Waals surface area contributed by atoms with Gasteiger partial charge in [0.05, 0.1) is 11.1 Å². The van der Waals surface area contributed by atoms with Gasteiger partial charge in [-0.3, -0.25) is 14.0 Å². The van der Waals surface area contributed by atoms with Gasteiger partial charge in [-0.05, 0) is 60.8 Å². The largest absolute Gasteiger partial charge is 0.416 e. The number of hydrogen-bond donors (Lipinski definition) is 1. The number of nitrogens with zero attached hydrogens (tertiary/aromatic N) is 6. The molecule has 0 unspecified atom stereocenters. The SMILES string of the molecule is Cn1cc2c3cc(C(=O)NCCCOCCCN=[N+]=[N-])ccc3n(-c3ccc(C(F)(F)F)cc3)c2n1. The molecular weight excluding hydrogens is 475 g/mol. The molecule has 0 bridgehead atoms. The highest BCUT2D eigenvalue weighted by atomic mass is 19.4. The van der Waals surface area contributed by atoms with Gasteiger partial charge in [0.1, 0.15) is 0 Å². The lowest BCUT2D eigenvalue weighted by Gasteiger charge is -2.10. The van der Waals surface area contributed by atoms with Crippen molar-refractivity contribution in [3.63, 3.8) is 0 Å². The van der Waals surface area contributed by atoms with Crippen LogP contribution in [0.1, 0.15) is 28.8 Å². The number of benzene rings is 2. The highest BCUT2D eigenvalue weighted by Crippen LogP contribution is 2.34. The minimum atomic E-state index is -4.42. The Morgan fingerprint density at radius 1 is 1.14 bits per heavy atom. The van der Waals surface area contributed by atoms with Crippen LogP contribution in [0.5, 0.6) is 0 Å². The normalized spacial score (nSPS) is 11.7. The van der Waals surface area contributed by atoms with Crippen LogP contribution in [0.25, 0.3) is 38.1 Å². The molecule has 0 aliphatic carbocycles. The predicted molar refractivity (Wildman–Crippen MR) is 129 cm³/mol. The van der Waals surface area contributed by atoms with Crippen LogP contribution in [0.15, 0.2) is 53.8 Å². The zero-order valence-electron chi connectivity index (χ0n) is 19.5. The molecule has 1 N–H and O–H groups in total. The van der Waals surface area contributed by atoms with Crippen LogP contribution in [-0.4, -0.2) is 46.6 Å². The van der Waals surface area contributed by atoms with Crippen LogP contribution in [0, 0.1) is 0 Å². The Labute approximate surface area is 204 Å². The number of carbonyl (C=O) groups excluding carboxylic acids is 1. The average molecular weight is 499 g/mol. The summed E-state index contributed by atoms with van der Waals surface area (Å²) in [6.45, 7) is 1.78. The number of amides is 1. The standard InChI is InChI=1S/C24H24F3N7O2/c1-33-15-20-19-14-16(23(35)29-10-2-12-36-13-3-11-30-32-28)4-9-21(19)34(22(20)31-33)18-7-5-17(6-8-18)24(25,26)27/h4-9,14-15H,2-3,10-13H2,1H3,(H,29,35). The van der Waals surface area contributed by atoms with Crippen LogP contribution < -0.4 is 5.32 Å². The maximum absolute atomic E-state index is 13.0. The minimum Gasteiger partial charge on any atom is -0.381 e. The highest BCUT2D eigenvalue weighted by Gasteiger charge is 2.30. The van der Waals surface area contributed by atoms with Crippen molar-refractivity contribution in [2.45, 2.75) is 19.0 Å². The van der Waals surface area contributed by atoms with Crippen molar-refractivity contribution in [2.75, 3.05) is 26.3 Å². The summed E-state index contributed by atoms with van der Waals surface area (Å²) in [6.07, 6.45) is -1.32. The number of fused-ring (bicyclic) bond motifs is 3. The summed E-state index contributed by atoms with van der Waals surface area (Å²) in [7, 11) is 1.76. The van der Waals surface area contributed by atoms with E-state index in [9.17, 15) is 18.0 Å². The van der Waals surface area contributed by atoms with Gasteiger partial charge in [-0.25, -0.2) is 0 Å². The molecule has 0 spiro atoms. The number of ether oxygens (including phenoxy) is 1. The molecule has 2 aromatic heterocycles. The van der Waals surface area contributed by atoms with Crippen molar-refractivity contribution in [2.24, 2.45) is 12.2 Å². The van der Waals surface area contributed by atoms with E-state index in [0.717, 1.165) is 28.4 Å². The summed E-state index contributed by atoms with van der Waals surface area (Å²) in [5.41, 5.74) is 9.82. The third-order valence-electron chi connectivity index (χ3n) is 5.62. The number of nitrogens with one attached hydrogen (secondary N) is 1. The Morgan fingerprint density at radius 2 is 1.89 bits per heavy atom. The summed E-state index contributed by atoms with van der Waals surface area (Å²) in [6, 6.07) is 10.1. The van der Waals surface area contributed by atoms with E-state index in [4.69, 9.17) is 10.3 Å². The van der Waals surface area contributed by atoms with Gasteiger partial charge in [0.15, 0.2) is 5.65 Å². The topological polar surface area (TPSA) is 110 Å². The fourth-order valence-corrected chi connectivity index (χ4v) is 3.96. The molecule has 2 heterocycles. The van der Waals surface area contributed by atoms with Gasteiger partial charge >= 0.3 is 6.18 Å². The first-order valence-corrected chi connectivity index (χ1v) is 11.3. The van der Waals surface area contributed by atoms with Gasteiger partial charge in [-0.2, -0.15) is 18.3 Å². The molecule has 0 aliphatic heterocycles. The number of carbonyl (C=O) groups is 1.